The minimum Gasteiger partial charge on any atom is -0.384 e. The maximum absolute atomic E-state index is 5.51. The number of rotatable bonds is 0. The van der Waals surface area contributed by atoms with E-state index in [1.807, 2.05) is 38.1 Å². The Morgan fingerprint density at radius 1 is 1.27 bits per heavy atom. The summed E-state index contributed by atoms with van der Waals surface area (Å²) in [6.45, 7) is 3.94. The van der Waals surface area contributed by atoms with Crippen molar-refractivity contribution in [1.29, 1.82) is 0 Å². The first kappa shape index (κ1) is 7.79. The van der Waals surface area contributed by atoms with Gasteiger partial charge >= 0.3 is 0 Å². The summed E-state index contributed by atoms with van der Waals surface area (Å²) < 4.78 is 0. The fourth-order valence-corrected chi connectivity index (χ4v) is 0.977. The van der Waals surface area contributed by atoms with Crippen molar-refractivity contribution < 1.29 is 0 Å². The Balaban J connectivity index is 3.55. The molecule has 0 radical (unpaired) electrons. The van der Waals surface area contributed by atoms with Crippen LogP contribution in [0.5, 0.6) is 0 Å². The summed E-state index contributed by atoms with van der Waals surface area (Å²) >= 11 is 0. The molecule has 1 aromatic heterocycles. The molecule has 1 rings (SSSR count). The second-order valence-corrected chi connectivity index (χ2v) is 2.29. The number of nitrogen functional groups attached to an aromatic ring is 1. The zero-order valence-corrected chi connectivity index (χ0v) is 6.83. The number of hydrogen-bond acceptors (Lipinski definition) is 2. The van der Waals surface area contributed by atoms with Gasteiger partial charge in [-0.1, -0.05) is 12.2 Å². The second-order valence-electron chi connectivity index (χ2n) is 2.29. The van der Waals surface area contributed by atoms with Crippen molar-refractivity contribution in [3.63, 3.8) is 0 Å². The van der Waals surface area contributed by atoms with Gasteiger partial charge in [0.15, 0.2) is 0 Å². The number of nitrogens with two attached hydrogens (primary N) is 1. The monoisotopic (exact) mass is 148 g/mol. The first-order chi connectivity index (χ1) is 5.27. The fourth-order valence-electron chi connectivity index (χ4n) is 0.977. The highest BCUT2D eigenvalue weighted by atomic mass is 14.8. The molecular formula is C9H12N2. The minimum atomic E-state index is 0.573. The van der Waals surface area contributed by atoms with Crippen molar-refractivity contribution in [2.45, 2.75) is 13.8 Å². The number of pyridine rings is 1. The van der Waals surface area contributed by atoms with Crippen LogP contribution in [0.15, 0.2) is 12.1 Å². The lowest BCUT2D eigenvalue weighted by atomic mass is 10.3. The van der Waals surface area contributed by atoms with Gasteiger partial charge in [-0.05, 0) is 31.2 Å². The molecule has 0 saturated heterocycles. The van der Waals surface area contributed by atoms with Crippen LogP contribution in [0.25, 0.3) is 12.2 Å². The summed E-state index contributed by atoms with van der Waals surface area (Å²) in [6, 6.07) is 3.78. The molecule has 0 aliphatic carbocycles. The van der Waals surface area contributed by atoms with Crippen LogP contribution in [0.4, 0.5) is 5.82 Å². The maximum atomic E-state index is 5.51. The third-order valence-electron chi connectivity index (χ3n) is 1.56. The van der Waals surface area contributed by atoms with Crippen LogP contribution in [-0.2, 0) is 0 Å². The van der Waals surface area contributed by atoms with Gasteiger partial charge in [0.25, 0.3) is 0 Å². The van der Waals surface area contributed by atoms with E-state index in [1.54, 1.807) is 0 Å². The van der Waals surface area contributed by atoms with Gasteiger partial charge in [0.2, 0.25) is 0 Å². The molecule has 2 heteroatoms. The molecule has 0 spiro atoms. The van der Waals surface area contributed by atoms with Crippen LogP contribution < -0.4 is 16.3 Å². The van der Waals surface area contributed by atoms with Gasteiger partial charge in [-0.3, -0.25) is 0 Å². The van der Waals surface area contributed by atoms with Gasteiger partial charge in [0.1, 0.15) is 5.82 Å². The van der Waals surface area contributed by atoms with Crippen LogP contribution >= 0.6 is 0 Å². The summed E-state index contributed by atoms with van der Waals surface area (Å²) in [5, 5.41) is 2.08. The van der Waals surface area contributed by atoms with Crippen molar-refractivity contribution in [2.24, 2.45) is 0 Å². The Labute approximate surface area is 66.1 Å². The lowest BCUT2D eigenvalue weighted by Gasteiger charge is -1.91. The molecule has 1 heterocycles. The number of aromatic nitrogens is 1. The molecular weight excluding hydrogens is 136 g/mol. The highest BCUT2D eigenvalue weighted by Gasteiger charge is 1.85. The zero-order valence-electron chi connectivity index (χ0n) is 6.83. The van der Waals surface area contributed by atoms with Crippen LogP contribution in [0.1, 0.15) is 13.8 Å². The molecule has 0 amide bonds. The quantitative estimate of drug-likeness (QED) is 0.573. The molecule has 0 atom stereocenters. The topological polar surface area (TPSA) is 38.9 Å². The summed E-state index contributed by atoms with van der Waals surface area (Å²) in [5.41, 5.74) is 5.51. The largest absolute Gasteiger partial charge is 0.384 e. The van der Waals surface area contributed by atoms with E-state index in [0.29, 0.717) is 5.82 Å². The lowest BCUT2D eigenvalue weighted by molar-refractivity contribution is 1.22. The average molecular weight is 148 g/mol. The molecule has 2 nitrogen and oxygen atoms in total. The third-order valence-corrected chi connectivity index (χ3v) is 1.56. The average Bonchev–Trinajstić information content (AvgIpc) is 2.04. The molecule has 0 bridgehead atoms. The first-order valence-corrected chi connectivity index (χ1v) is 3.63. The van der Waals surface area contributed by atoms with Gasteiger partial charge in [0, 0.05) is 0 Å². The fraction of sp³-hybridized carbons (Fsp3) is 0.222. The Hall–Kier alpha value is -1.31. The summed E-state index contributed by atoms with van der Waals surface area (Å²) in [4.78, 5) is 4.15. The molecule has 0 fully saturated rings. The SMILES string of the molecule is C/C=c1/ccc(N)n/c1=C/C. The number of anilines is 1. The second kappa shape index (κ2) is 3.19. The molecule has 11 heavy (non-hydrogen) atoms. The van der Waals surface area contributed by atoms with Crippen molar-refractivity contribution >= 4 is 18.0 Å². The van der Waals surface area contributed by atoms with E-state index in [1.165, 1.54) is 0 Å². The molecule has 58 valence electrons. The van der Waals surface area contributed by atoms with E-state index in [4.69, 9.17) is 5.73 Å². The normalized spacial score (nSPS) is 14.0. The van der Waals surface area contributed by atoms with Crippen molar-refractivity contribution in [3.8, 4) is 0 Å². The molecule has 1 aromatic rings. The van der Waals surface area contributed by atoms with Gasteiger partial charge in [-0.15, -0.1) is 0 Å². The van der Waals surface area contributed by atoms with E-state index >= 15 is 0 Å². The van der Waals surface area contributed by atoms with Gasteiger partial charge in [-0.25, -0.2) is 4.98 Å². The lowest BCUT2D eigenvalue weighted by Crippen LogP contribution is -2.27. The van der Waals surface area contributed by atoms with E-state index < -0.39 is 0 Å². The molecule has 0 aromatic carbocycles. The number of hydrogen-bond donors (Lipinski definition) is 1. The Morgan fingerprint density at radius 2 is 2.00 bits per heavy atom. The summed E-state index contributed by atoms with van der Waals surface area (Å²) in [7, 11) is 0. The van der Waals surface area contributed by atoms with Gasteiger partial charge in [-0.2, -0.15) is 0 Å². The van der Waals surface area contributed by atoms with Crippen molar-refractivity contribution in [1.82, 2.24) is 4.98 Å². The van der Waals surface area contributed by atoms with E-state index in [-0.39, 0.29) is 0 Å². The molecule has 0 unspecified atom stereocenters. The molecule has 0 saturated carbocycles. The van der Waals surface area contributed by atoms with E-state index in [0.717, 1.165) is 10.6 Å². The summed E-state index contributed by atoms with van der Waals surface area (Å²) in [6.07, 6.45) is 3.97. The standard InChI is InChI=1S/C9H12N2/c1-3-7-5-6-9(10)11-8(7)4-2/h3-6H,1-2H3,(H2,10,11)/b7-3-,8-4+. The smallest absolute Gasteiger partial charge is 0.124 e. The minimum absolute atomic E-state index is 0.573. The molecule has 0 aliphatic rings. The van der Waals surface area contributed by atoms with Crippen LogP contribution in [0, 0.1) is 0 Å². The predicted octanol–water partition coefficient (Wildman–Crippen LogP) is 0.265. The maximum Gasteiger partial charge on any atom is 0.124 e. The Bertz CT molecular complexity index is 352. The Kier molecular flexibility index (Phi) is 2.26. The van der Waals surface area contributed by atoms with Crippen molar-refractivity contribution in [2.75, 3.05) is 5.73 Å². The first-order valence-electron chi connectivity index (χ1n) is 3.63. The highest BCUT2D eigenvalue weighted by Crippen LogP contribution is 1.83. The predicted molar refractivity (Wildman–Crippen MR) is 48.2 cm³/mol. The summed E-state index contributed by atoms with van der Waals surface area (Å²) in [5.74, 6) is 0.573. The van der Waals surface area contributed by atoms with Crippen LogP contribution in [0.3, 0.4) is 0 Å². The Morgan fingerprint density at radius 3 is 2.55 bits per heavy atom. The van der Waals surface area contributed by atoms with Gasteiger partial charge in [0.05, 0.1) is 5.35 Å². The van der Waals surface area contributed by atoms with Crippen LogP contribution in [0.2, 0.25) is 0 Å². The van der Waals surface area contributed by atoms with Crippen molar-refractivity contribution in [3.05, 3.63) is 22.7 Å². The number of nitrogens with zero attached hydrogens (tertiary/aromatic N) is 1. The van der Waals surface area contributed by atoms with E-state index in [2.05, 4.69) is 4.98 Å². The molecule has 2 N–H and O–H groups in total. The van der Waals surface area contributed by atoms with Gasteiger partial charge < -0.3 is 5.73 Å². The third kappa shape index (κ3) is 1.58. The molecule has 0 aliphatic heterocycles. The van der Waals surface area contributed by atoms with Crippen LogP contribution in [-0.4, -0.2) is 4.98 Å². The zero-order chi connectivity index (χ0) is 8.27. The van der Waals surface area contributed by atoms with E-state index in [9.17, 15) is 0 Å². The highest BCUT2D eigenvalue weighted by molar-refractivity contribution is 5.33.